The van der Waals surface area contributed by atoms with Gasteiger partial charge in [0.2, 0.25) is 0 Å². The largest absolute Gasteiger partial charge is 0.481 e. The molecule has 0 aromatic rings. The van der Waals surface area contributed by atoms with Crippen molar-refractivity contribution in [2.45, 2.75) is 90.8 Å². The third kappa shape index (κ3) is 3.98. The zero-order valence-electron chi connectivity index (χ0n) is 20.9. The summed E-state index contributed by atoms with van der Waals surface area (Å²) in [5.74, 6) is 1.49. The number of carboxylic acids is 1. The topological polar surface area (TPSA) is 107 Å². The molecule has 6 nitrogen and oxygen atoms in total. The van der Waals surface area contributed by atoms with Crippen LogP contribution >= 0.6 is 0 Å². The van der Waals surface area contributed by atoms with Gasteiger partial charge in [-0.15, -0.1) is 0 Å². The Bertz CT molecular complexity index is 757. The number of hydrogen-bond donors (Lipinski definition) is 4. The van der Waals surface area contributed by atoms with Crippen molar-refractivity contribution in [2.75, 3.05) is 13.6 Å². The first-order valence-corrected chi connectivity index (χ1v) is 13.3. The summed E-state index contributed by atoms with van der Waals surface area (Å²) in [4.78, 5) is 24.4. The van der Waals surface area contributed by atoms with Gasteiger partial charge in [0, 0.05) is 12.3 Å². The Morgan fingerprint density at radius 1 is 1.00 bits per heavy atom. The SMILES string of the molecule is CNCC(=O)C1C[C@@H](O)C[C@H]2CCC3C(C[C@H](O)[C@@]4(C)C3CC[C@@H]4[C@H](C)CCC(=O)O)[C@@]12C. The summed E-state index contributed by atoms with van der Waals surface area (Å²) in [7, 11) is 1.81. The lowest BCUT2D eigenvalue weighted by Gasteiger charge is -2.64. The van der Waals surface area contributed by atoms with Crippen LogP contribution < -0.4 is 5.32 Å². The minimum absolute atomic E-state index is 0.158. The van der Waals surface area contributed by atoms with Gasteiger partial charge in [-0.2, -0.15) is 0 Å². The lowest BCUT2D eigenvalue weighted by molar-refractivity contribution is -0.194. The molecule has 33 heavy (non-hydrogen) atoms. The van der Waals surface area contributed by atoms with Crippen molar-refractivity contribution in [1.82, 2.24) is 5.32 Å². The Morgan fingerprint density at radius 2 is 1.73 bits per heavy atom. The molecule has 188 valence electrons. The van der Waals surface area contributed by atoms with E-state index in [1.165, 1.54) is 0 Å². The number of rotatable bonds is 7. The number of Topliss-reactive ketones (excluding diaryl/α,β-unsaturated/α-hetero) is 1. The second kappa shape index (κ2) is 9.23. The highest BCUT2D eigenvalue weighted by Crippen LogP contribution is 2.69. The molecule has 4 aliphatic carbocycles. The Hall–Kier alpha value is -0.980. The minimum atomic E-state index is -0.742. The van der Waals surface area contributed by atoms with Gasteiger partial charge in [0.15, 0.2) is 0 Å². The molecule has 4 rings (SSSR count). The predicted molar refractivity (Wildman–Crippen MR) is 126 cm³/mol. The van der Waals surface area contributed by atoms with E-state index in [0.717, 1.165) is 38.5 Å². The van der Waals surface area contributed by atoms with Gasteiger partial charge in [-0.3, -0.25) is 9.59 Å². The molecule has 11 atom stereocenters. The zero-order valence-corrected chi connectivity index (χ0v) is 20.9. The van der Waals surface area contributed by atoms with Crippen molar-refractivity contribution < 1.29 is 24.9 Å². The van der Waals surface area contributed by atoms with Crippen LogP contribution in [0.25, 0.3) is 0 Å². The maximum Gasteiger partial charge on any atom is 0.303 e. The van der Waals surface area contributed by atoms with Gasteiger partial charge in [-0.25, -0.2) is 0 Å². The van der Waals surface area contributed by atoms with Gasteiger partial charge in [-0.05, 0) is 105 Å². The average Bonchev–Trinajstić information content (AvgIpc) is 3.12. The molecule has 4 N–H and O–H groups in total. The monoisotopic (exact) mass is 463 g/mol. The molecule has 4 aliphatic rings. The van der Waals surface area contributed by atoms with Crippen LogP contribution in [-0.2, 0) is 9.59 Å². The van der Waals surface area contributed by atoms with E-state index in [1.807, 2.05) is 0 Å². The van der Waals surface area contributed by atoms with Gasteiger partial charge >= 0.3 is 5.97 Å². The maximum absolute atomic E-state index is 13.2. The summed E-state index contributed by atoms with van der Waals surface area (Å²) < 4.78 is 0. The van der Waals surface area contributed by atoms with Crippen LogP contribution in [0.5, 0.6) is 0 Å². The number of ketones is 1. The molecular weight excluding hydrogens is 418 g/mol. The van der Waals surface area contributed by atoms with E-state index in [0.29, 0.717) is 49.0 Å². The van der Waals surface area contributed by atoms with Crippen LogP contribution in [0.1, 0.15) is 78.6 Å². The van der Waals surface area contributed by atoms with E-state index in [2.05, 4.69) is 26.1 Å². The molecule has 0 aliphatic heterocycles. The van der Waals surface area contributed by atoms with Crippen LogP contribution in [0.3, 0.4) is 0 Å². The minimum Gasteiger partial charge on any atom is -0.481 e. The first-order chi connectivity index (χ1) is 15.5. The number of carbonyl (C=O) groups excluding carboxylic acids is 1. The lowest BCUT2D eigenvalue weighted by atomic mass is 9.41. The molecule has 4 unspecified atom stereocenters. The number of carboxylic acid groups (broad SMARTS) is 1. The molecule has 6 heteroatoms. The Kier molecular flexibility index (Phi) is 7.03. The molecular formula is C27H45NO5. The first-order valence-electron chi connectivity index (χ1n) is 13.3. The summed E-state index contributed by atoms with van der Waals surface area (Å²) in [6.07, 6.45) is 6.40. The molecule has 4 fully saturated rings. The van der Waals surface area contributed by atoms with E-state index in [4.69, 9.17) is 0 Å². The van der Waals surface area contributed by atoms with Crippen LogP contribution in [0.4, 0.5) is 0 Å². The average molecular weight is 464 g/mol. The molecule has 0 amide bonds. The maximum atomic E-state index is 13.2. The third-order valence-corrected chi connectivity index (χ3v) is 11.2. The number of hydrogen-bond acceptors (Lipinski definition) is 5. The molecule has 4 saturated carbocycles. The van der Waals surface area contributed by atoms with Gasteiger partial charge in [-0.1, -0.05) is 20.8 Å². The van der Waals surface area contributed by atoms with E-state index >= 15 is 0 Å². The highest BCUT2D eigenvalue weighted by molar-refractivity contribution is 5.84. The predicted octanol–water partition coefficient (Wildman–Crippen LogP) is 3.49. The number of likely N-dealkylation sites (N-methyl/N-ethyl adjacent to an activating group) is 1. The molecule has 0 radical (unpaired) electrons. The molecule has 0 heterocycles. The molecule has 0 aromatic carbocycles. The Labute approximate surface area is 198 Å². The smallest absolute Gasteiger partial charge is 0.303 e. The normalized spacial score (nSPS) is 47.8. The fourth-order valence-corrected chi connectivity index (χ4v) is 9.59. The fraction of sp³-hybridized carbons (Fsp3) is 0.926. The summed E-state index contributed by atoms with van der Waals surface area (Å²) in [6.45, 7) is 7.09. The molecule has 0 bridgehead atoms. The summed E-state index contributed by atoms with van der Waals surface area (Å²) in [6, 6.07) is 0. The molecule has 0 saturated heterocycles. The van der Waals surface area contributed by atoms with Gasteiger partial charge in [0.25, 0.3) is 0 Å². The number of aliphatic hydroxyl groups excluding tert-OH is 2. The summed E-state index contributed by atoms with van der Waals surface area (Å²) in [5, 5.41) is 34.5. The number of aliphatic hydroxyl groups is 2. The second-order valence-electron chi connectivity index (χ2n) is 12.4. The summed E-state index contributed by atoms with van der Waals surface area (Å²) >= 11 is 0. The van der Waals surface area contributed by atoms with E-state index < -0.39 is 18.2 Å². The lowest BCUT2D eigenvalue weighted by Crippen LogP contribution is -2.62. The fourth-order valence-electron chi connectivity index (χ4n) is 9.59. The van der Waals surface area contributed by atoms with Crippen molar-refractivity contribution in [3.05, 3.63) is 0 Å². The first kappa shape index (κ1) is 25.1. The number of aliphatic carboxylic acids is 1. The molecule has 0 aromatic heterocycles. The molecule has 0 spiro atoms. The van der Waals surface area contributed by atoms with Crippen molar-refractivity contribution in [3.63, 3.8) is 0 Å². The quantitative estimate of drug-likeness (QED) is 0.460. The van der Waals surface area contributed by atoms with Crippen molar-refractivity contribution >= 4 is 11.8 Å². The van der Waals surface area contributed by atoms with Crippen molar-refractivity contribution in [1.29, 1.82) is 0 Å². The summed E-state index contributed by atoms with van der Waals surface area (Å²) in [5.41, 5.74) is -0.355. The van der Waals surface area contributed by atoms with Crippen LogP contribution in [0.2, 0.25) is 0 Å². The van der Waals surface area contributed by atoms with Gasteiger partial charge < -0.3 is 20.6 Å². The second-order valence-corrected chi connectivity index (χ2v) is 12.4. The van der Waals surface area contributed by atoms with Crippen LogP contribution in [0.15, 0.2) is 0 Å². The highest BCUT2D eigenvalue weighted by atomic mass is 16.4. The van der Waals surface area contributed by atoms with Crippen LogP contribution in [0, 0.1) is 52.3 Å². The van der Waals surface area contributed by atoms with E-state index in [1.54, 1.807) is 7.05 Å². The van der Waals surface area contributed by atoms with Gasteiger partial charge in [0.1, 0.15) is 5.78 Å². The third-order valence-electron chi connectivity index (χ3n) is 11.2. The zero-order chi connectivity index (χ0) is 24.1. The van der Waals surface area contributed by atoms with Crippen molar-refractivity contribution in [3.8, 4) is 0 Å². The number of nitrogens with one attached hydrogen (secondary N) is 1. The van der Waals surface area contributed by atoms with Gasteiger partial charge in [0.05, 0.1) is 18.8 Å². The van der Waals surface area contributed by atoms with E-state index in [9.17, 15) is 24.9 Å². The van der Waals surface area contributed by atoms with E-state index in [-0.39, 0.29) is 34.9 Å². The standard InChI is InChI=1S/C27H45NO5/c1-15(5-10-25(32)33)19-8-9-20-18-7-6-16-11-17(29)12-22(23(30)14-28-4)26(16,2)21(18)13-24(31)27(19,20)3/h15-22,24,28-29,31H,5-14H2,1-4H3,(H,32,33)/t15-,16-,17+,18?,19-,20?,21?,22?,24+,26+,27-/m1/s1. The highest BCUT2D eigenvalue weighted by Gasteiger charge is 2.65. The number of carbonyl (C=O) groups is 2. The van der Waals surface area contributed by atoms with Crippen LogP contribution in [-0.4, -0.2) is 52.9 Å². The van der Waals surface area contributed by atoms with Crippen molar-refractivity contribution in [2.24, 2.45) is 52.3 Å². The Balaban J connectivity index is 1.63. The number of fused-ring (bicyclic) bond motifs is 5. The Morgan fingerprint density at radius 3 is 2.39 bits per heavy atom.